The molecule has 1 aliphatic heterocycles. The molecule has 0 saturated heterocycles. The van der Waals surface area contributed by atoms with Gasteiger partial charge in [-0.2, -0.15) is 0 Å². The first-order valence-corrected chi connectivity index (χ1v) is 23.4. The molecule has 0 amide bonds. The average Bonchev–Trinajstić information content (AvgIpc) is 3.62. The van der Waals surface area contributed by atoms with Gasteiger partial charge in [-0.25, -0.2) is 4.98 Å². The lowest BCUT2D eigenvalue weighted by atomic mass is 9.73. The summed E-state index contributed by atoms with van der Waals surface area (Å²) >= 11 is 1.94. The molecule has 0 radical (unpaired) electrons. The number of allylic oxidation sites excluding steroid dienone is 6. The standard InChI is InChI=1S/C55H44NOPS/c1-54(32-29-43(30-33-54)58(57,41-19-5-3-6-20-41)42-21-7-4-8-22-42)40-18-15-17-39(34-40)52-53-51(55(2)31-14-13-26-50(55)59-53)48-36-38(27-28-49(48)56-52)47-35-37-16-9-10-23-44(37)45-24-11-12-25-46(45)47/h3-12,15-30,32,34-36H,13-14,31,33H2,1-2H3. The molecule has 7 aromatic carbocycles. The smallest absolute Gasteiger partial charge is 0.170 e. The van der Waals surface area contributed by atoms with Crippen molar-refractivity contribution in [2.75, 3.05) is 0 Å². The molecule has 286 valence electrons. The molecule has 0 saturated carbocycles. The molecule has 0 bridgehead atoms. The highest BCUT2D eigenvalue weighted by Crippen LogP contribution is 2.61. The van der Waals surface area contributed by atoms with E-state index in [9.17, 15) is 0 Å². The highest BCUT2D eigenvalue weighted by molar-refractivity contribution is 8.03. The molecule has 4 heteroatoms. The van der Waals surface area contributed by atoms with Crippen LogP contribution in [-0.4, -0.2) is 4.98 Å². The number of hydrogen-bond acceptors (Lipinski definition) is 3. The van der Waals surface area contributed by atoms with Crippen molar-refractivity contribution in [3.8, 4) is 22.4 Å². The van der Waals surface area contributed by atoms with E-state index in [1.54, 1.807) is 0 Å². The zero-order chi connectivity index (χ0) is 39.8. The van der Waals surface area contributed by atoms with Gasteiger partial charge in [0.1, 0.15) is 0 Å². The fraction of sp³-hybridized carbons (Fsp3) is 0.145. The number of thioether (sulfide) groups is 1. The Morgan fingerprint density at radius 2 is 1.36 bits per heavy atom. The molecule has 11 rings (SSSR count). The van der Waals surface area contributed by atoms with Crippen LogP contribution in [0.3, 0.4) is 0 Å². The summed E-state index contributed by atoms with van der Waals surface area (Å²) in [5.41, 5.74) is 8.08. The van der Waals surface area contributed by atoms with Gasteiger partial charge >= 0.3 is 0 Å². The second-order valence-corrected chi connectivity index (χ2v) is 20.7. The van der Waals surface area contributed by atoms with E-state index in [2.05, 4.69) is 135 Å². The van der Waals surface area contributed by atoms with E-state index in [4.69, 9.17) is 4.98 Å². The monoisotopic (exact) mass is 797 g/mol. The molecule has 8 aromatic rings. The van der Waals surface area contributed by atoms with Crippen molar-refractivity contribution in [3.63, 3.8) is 0 Å². The van der Waals surface area contributed by atoms with Crippen molar-refractivity contribution in [1.29, 1.82) is 0 Å². The van der Waals surface area contributed by atoms with Crippen LogP contribution in [0.15, 0.2) is 197 Å². The Morgan fingerprint density at radius 3 is 2.10 bits per heavy atom. The molecule has 2 nitrogen and oxygen atoms in total. The molecule has 0 spiro atoms. The van der Waals surface area contributed by atoms with E-state index in [-0.39, 0.29) is 10.8 Å². The predicted octanol–water partition coefficient (Wildman–Crippen LogP) is 14.4. The van der Waals surface area contributed by atoms with E-state index in [0.717, 1.165) is 52.0 Å². The largest absolute Gasteiger partial charge is 0.309 e. The maximum absolute atomic E-state index is 15.2. The second kappa shape index (κ2) is 13.9. The molecule has 0 N–H and O–H groups in total. The van der Waals surface area contributed by atoms with Gasteiger partial charge < -0.3 is 4.57 Å². The number of hydrogen-bond donors (Lipinski definition) is 0. The van der Waals surface area contributed by atoms with Crippen molar-refractivity contribution in [3.05, 3.63) is 203 Å². The van der Waals surface area contributed by atoms with Crippen molar-refractivity contribution in [2.45, 2.75) is 55.3 Å². The maximum atomic E-state index is 15.2. The first-order chi connectivity index (χ1) is 28.8. The average molecular weight is 798 g/mol. The van der Waals surface area contributed by atoms with E-state index in [1.165, 1.54) is 65.4 Å². The third kappa shape index (κ3) is 5.77. The van der Waals surface area contributed by atoms with Crippen LogP contribution in [0.5, 0.6) is 0 Å². The van der Waals surface area contributed by atoms with Crippen molar-refractivity contribution in [1.82, 2.24) is 4.98 Å². The van der Waals surface area contributed by atoms with Gasteiger partial charge in [0.05, 0.1) is 11.2 Å². The molecule has 59 heavy (non-hydrogen) atoms. The first kappa shape index (κ1) is 36.4. The van der Waals surface area contributed by atoms with Crippen LogP contribution in [-0.2, 0) is 15.4 Å². The van der Waals surface area contributed by atoms with Crippen LogP contribution >= 0.6 is 18.9 Å². The number of fused-ring (bicyclic) bond motifs is 8. The number of benzene rings is 7. The van der Waals surface area contributed by atoms with E-state index >= 15 is 4.57 Å². The summed E-state index contributed by atoms with van der Waals surface area (Å²) in [6, 6.07) is 55.9. The maximum Gasteiger partial charge on any atom is 0.170 e. The Kier molecular flexibility index (Phi) is 8.59. The molecule has 3 aliphatic rings. The Hall–Kier alpha value is -5.73. The van der Waals surface area contributed by atoms with Crippen molar-refractivity contribution < 1.29 is 4.57 Å². The Labute approximate surface area is 350 Å². The molecule has 1 aromatic heterocycles. The van der Waals surface area contributed by atoms with Crippen LogP contribution in [0.2, 0.25) is 0 Å². The van der Waals surface area contributed by atoms with Gasteiger partial charge in [-0.3, -0.25) is 0 Å². The Bertz CT molecular complexity index is 3100. The zero-order valence-corrected chi connectivity index (χ0v) is 35.1. The summed E-state index contributed by atoms with van der Waals surface area (Å²) in [5, 5.41) is 9.00. The molecular weight excluding hydrogens is 754 g/mol. The number of nitrogens with zero attached hydrogens (tertiary/aromatic N) is 1. The lowest BCUT2D eigenvalue weighted by molar-refractivity contribution is 0.492. The minimum absolute atomic E-state index is 0.0550. The summed E-state index contributed by atoms with van der Waals surface area (Å²) in [5.74, 6) is 0. The van der Waals surface area contributed by atoms with Gasteiger partial charge in [-0.05, 0) is 98.7 Å². The second-order valence-electron chi connectivity index (χ2n) is 16.9. The minimum atomic E-state index is -3.05. The summed E-state index contributed by atoms with van der Waals surface area (Å²) in [6.07, 6.45) is 13.3. The Balaban J connectivity index is 1.02. The fourth-order valence-electron chi connectivity index (χ4n) is 10.0. The van der Waals surface area contributed by atoms with E-state index in [1.807, 2.05) is 72.4 Å². The molecule has 2 heterocycles. The highest BCUT2D eigenvalue weighted by Gasteiger charge is 2.44. The SMILES string of the molecule is CC1(c2cccc(-c3nc4ccc(-c5cc6ccccc6c6ccccc56)cc4c4c3SC3=CCCCC34C)c2)C=CC(P(=O)(c2ccccc2)c2ccccc2)=CC1. The molecular formula is C55H44NOPS. The van der Waals surface area contributed by atoms with Crippen LogP contribution < -0.4 is 10.6 Å². The fourth-order valence-corrected chi connectivity index (χ4v) is 14.3. The van der Waals surface area contributed by atoms with E-state index in [0.29, 0.717) is 0 Å². The number of rotatable bonds is 6. The van der Waals surface area contributed by atoms with Crippen molar-refractivity contribution >= 4 is 62.0 Å². The van der Waals surface area contributed by atoms with Crippen LogP contribution in [0.1, 0.15) is 50.7 Å². The summed E-state index contributed by atoms with van der Waals surface area (Å²) in [4.78, 5) is 8.32. The molecule has 2 atom stereocenters. The quantitative estimate of drug-likeness (QED) is 0.124. The third-order valence-corrected chi connectivity index (χ3v) is 17.8. The van der Waals surface area contributed by atoms with Gasteiger partial charge in [-0.15, -0.1) is 0 Å². The minimum Gasteiger partial charge on any atom is -0.309 e. The summed E-state index contributed by atoms with van der Waals surface area (Å²) < 4.78 is 15.2. The summed E-state index contributed by atoms with van der Waals surface area (Å²) in [7, 11) is -3.05. The van der Waals surface area contributed by atoms with Gasteiger partial charge in [-0.1, -0.05) is 183 Å². The van der Waals surface area contributed by atoms with Crippen LogP contribution in [0, 0.1) is 0 Å². The summed E-state index contributed by atoms with van der Waals surface area (Å²) in [6.45, 7) is 4.77. The Morgan fingerprint density at radius 1 is 0.644 bits per heavy atom. The molecule has 2 unspecified atom stereocenters. The number of aromatic nitrogens is 1. The lowest BCUT2D eigenvalue weighted by Crippen LogP contribution is -2.23. The third-order valence-electron chi connectivity index (χ3n) is 13.3. The van der Waals surface area contributed by atoms with Gasteiger partial charge in [0.2, 0.25) is 0 Å². The van der Waals surface area contributed by atoms with Crippen molar-refractivity contribution in [2.24, 2.45) is 0 Å². The highest BCUT2D eigenvalue weighted by atomic mass is 32.2. The number of pyridine rings is 1. The zero-order valence-electron chi connectivity index (χ0n) is 33.4. The van der Waals surface area contributed by atoms with Gasteiger partial charge in [0.25, 0.3) is 0 Å². The predicted molar refractivity (Wildman–Crippen MR) is 252 cm³/mol. The first-order valence-electron chi connectivity index (χ1n) is 20.8. The van der Waals surface area contributed by atoms with Crippen LogP contribution in [0.25, 0.3) is 54.8 Å². The van der Waals surface area contributed by atoms with Gasteiger partial charge in [0, 0.05) is 42.6 Å². The lowest BCUT2D eigenvalue weighted by Gasteiger charge is -2.32. The normalized spacial score (nSPS) is 20.0. The van der Waals surface area contributed by atoms with E-state index < -0.39 is 7.14 Å². The topological polar surface area (TPSA) is 30.0 Å². The molecule has 2 aliphatic carbocycles. The van der Waals surface area contributed by atoms with Crippen LogP contribution in [0.4, 0.5) is 0 Å². The molecule has 0 fully saturated rings. The van der Waals surface area contributed by atoms with Gasteiger partial charge in [0.15, 0.2) is 7.14 Å².